The molecule has 3 heteroatoms. The molecular weight excluding hydrogens is 212 g/mol. The molecule has 0 unspecified atom stereocenters. The molecule has 2 fully saturated rings. The molecule has 0 aromatic rings. The topological polar surface area (TPSA) is 46.3 Å². The summed E-state index contributed by atoms with van der Waals surface area (Å²) in [4.78, 5) is 14.3. The molecule has 2 N–H and O–H groups in total. The Kier molecular flexibility index (Phi) is 3.48. The van der Waals surface area contributed by atoms with Gasteiger partial charge in [-0.2, -0.15) is 0 Å². The Hall–Kier alpha value is -0.570. The van der Waals surface area contributed by atoms with Crippen molar-refractivity contribution in [3.8, 4) is 0 Å². The molecule has 0 radical (unpaired) electrons. The van der Waals surface area contributed by atoms with Gasteiger partial charge in [0.2, 0.25) is 5.91 Å². The van der Waals surface area contributed by atoms with Crippen molar-refractivity contribution < 1.29 is 4.79 Å². The Balaban J connectivity index is 2.04. The predicted octanol–water partition coefficient (Wildman–Crippen LogP) is 2.30. The van der Waals surface area contributed by atoms with E-state index in [1.807, 2.05) is 18.7 Å². The quantitative estimate of drug-likeness (QED) is 0.762. The lowest BCUT2D eigenvalue weighted by Gasteiger charge is -2.46. The van der Waals surface area contributed by atoms with Crippen LogP contribution in [0.4, 0.5) is 0 Å². The van der Waals surface area contributed by atoms with Crippen LogP contribution < -0.4 is 5.73 Å². The molecule has 1 aliphatic carbocycles. The number of carbonyl (C=O) groups excluding carboxylic acids is 1. The fourth-order valence-electron chi connectivity index (χ4n) is 3.50. The van der Waals surface area contributed by atoms with Gasteiger partial charge in [0, 0.05) is 13.1 Å². The zero-order valence-electron chi connectivity index (χ0n) is 11.3. The predicted molar refractivity (Wildman–Crippen MR) is 69.6 cm³/mol. The van der Waals surface area contributed by atoms with E-state index in [1.165, 1.54) is 38.5 Å². The van der Waals surface area contributed by atoms with Crippen LogP contribution in [0.5, 0.6) is 0 Å². The van der Waals surface area contributed by atoms with Crippen molar-refractivity contribution in [1.29, 1.82) is 0 Å². The summed E-state index contributed by atoms with van der Waals surface area (Å²) in [6.07, 6.45) is 9.13. The highest BCUT2D eigenvalue weighted by molar-refractivity contribution is 5.85. The van der Waals surface area contributed by atoms with E-state index in [1.54, 1.807) is 0 Å². The molecule has 1 amide bonds. The minimum Gasteiger partial charge on any atom is -0.341 e. The molecular formula is C14H26N2O. The number of nitrogens with two attached hydrogens (primary N) is 1. The lowest BCUT2D eigenvalue weighted by atomic mass is 9.69. The van der Waals surface area contributed by atoms with E-state index in [0.29, 0.717) is 5.41 Å². The second-order valence-corrected chi connectivity index (χ2v) is 6.61. The summed E-state index contributed by atoms with van der Waals surface area (Å²) in [6.45, 7) is 5.49. The number of piperidine rings is 1. The molecule has 1 aliphatic heterocycles. The monoisotopic (exact) mass is 238 g/mol. The zero-order chi connectivity index (χ0) is 12.5. The minimum atomic E-state index is -0.715. The Morgan fingerprint density at radius 1 is 1.12 bits per heavy atom. The summed E-state index contributed by atoms with van der Waals surface area (Å²) in [6, 6.07) is 0. The summed E-state index contributed by atoms with van der Waals surface area (Å²) in [7, 11) is 0. The second-order valence-electron chi connectivity index (χ2n) is 6.61. The maximum atomic E-state index is 12.2. The van der Waals surface area contributed by atoms with Crippen LogP contribution in [-0.2, 0) is 4.79 Å². The number of nitrogens with zero attached hydrogens (tertiary/aromatic N) is 1. The van der Waals surface area contributed by atoms with Crippen LogP contribution in [-0.4, -0.2) is 29.4 Å². The van der Waals surface area contributed by atoms with Crippen LogP contribution >= 0.6 is 0 Å². The molecule has 1 spiro atoms. The third kappa shape index (κ3) is 2.82. The van der Waals surface area contributed by atoms with Gasteiger partial charge in [0.15, 0.2) is 0 Å². The van der Waals surface area contributed by atoms with Crippen molar-refractivity contribution in [1.82, 2.24) is 4.90 Å². The van der Waals surface area contributed by atoms with E-state index in [2.05, 4.69) is 0 Å². The van der Waals surface area contributed by atoms with Crippen molar-refractivity contribution in [2.24, 2.45) is 11.1 Å². The molecule has 1 heterocycles. The summed E-state index contributed by atoms with van der Waals surface area (Å²) >= 11 is 0. The van der Waals surface area contributed by atoms with Gasteiger partial charge in [-0.05, 0) is 44.9 Å². The Bertz CT molecular complexity index is 282. The van der Waals surface area contributed by atoms with Gasteiger partial charge in [-0.25, -0.2) is 0 Å². The van der Waals surface area contributed by atoms with Gasteiger partial charge < -0.3 is 10.6 Å². The molecule has 0 aromatic carbocycles. The SMILES string of the molecule is CC(C)(N)C(=O)N1CCCC2(CCCCC2)C1. The fourth-order valence-corrected chi connectivity index (χ4v) is 3.50. The van der Waals surface area contributed by atoms with Crippen molar-refractivity contribution >= 4 is 5.91 Å². The number of hydrogen-bond donors (Lipinski definition) is 1. The molecule has 2 aliphatic rings. The smallest absolute Gasteiger partial charge is 0.242 e. The van der Waals surface area contributed by atoms with Gasteiger partial charge in [-0.1, -0.05) is 19.3 Å². The normalized spacial score (nSPS) is 25.0. The van der Waals surface area contributed by atoms with Gasteiger partial charge in [0.25, 0.3) is 0 Å². The highest BCUT2D eigenvalue weighted by Gasteiger charge is 2.40. The average Bonchev–Trinajstić information content (AvgIpc) is 2.28. The van der Waals surface area contributed by atoms with E-state index in [0.717, 1.165) is 19.5 Å². The van der Waals surface area contributed by atoms with Crippen LogP contribution in [0.3, 0.4) is 0 Å². The molecule has 2 rings (SSSR count). The first kappa shape index (κ1) is 12.9. The molecule has 0 bridgehead atoms. The Labute approximate surface area is 105 Å². The summed E-state index contributed by atoms with van der Waals surface area (Å²) in [5.41, 5.74) is 5.65. The Morgan fingerprint density at radius 3 is 2.29 bits per heavy atom. The van der Waals surface area contributed by atoms with Crippen molar-refractivity contribution in [2.75, 3.05) is 13.1 Å². The van der Waals surface area contributed by atoms with Crippen LogP contribution in [0.25, 0.3) is 0 Å². The fraction of sp³-hybridized carbons (Fsp3) is 0.929. The van der Waals surface area contributed by atoms with E-state index in [-0.39, 0.29) is 5.91 Å². The van der Waals surface area contributed by atoms with Gasteiger partial charge in [0.05, 0.1) is 5.54 Å². The van der Waals surface area contributed by atoms with E-state index in [9.17, 15) is 4.79 Å². The van der Waals surface area contributed by atoms with Gasteiger partial charge in [0.1, 0.15) is 0 Å². The first-order valence-electron chi connectivity index (χ1n) is 7.01. The van der Waals surface area contributed by atoms with Crippen LogP contribution in [0.15, 0.2) is 0 Å². The molecule has 0 atom stereocenters. The first-order chi connectivity index (χ1) is 7.93. The first-order valence-corrected chi connectivity index (χ1v) is 7.01. The van der Waals surface area contributed by atoms with Crippen LogP contribution in [0, 0.1) is 5.41 Å². The summed E-state index contributed by atoms with van der Waals surface area (Å²) in [5.74, 6) is 0.127. The van der Waals surface area contributed by atoms with Crippen LogP contribution in [0.1, 0.15) is 58.8 Å². The van der Waals surface area contributed by atoms with Crippen molar-refractivity contribution in [2.45, 2.75) is 64.3 Å². The van der Waals surface area contributed by atoms with Crippen LogP contribution in [0.2, 0.25) is 0 Å². The number of hydrogen-bond acceptors (Lipinski definition) is 2. The number of amides is 1. The lowest BCUT2D eigenvalue weighted by Crippen LogP contribution is -2.56. The third-order valence-corrected chi connectivity index (χ3v) is 4.41. The maximum Gasteiger partial charge on any atom is 0.242 e. The molecule has 0 aromatic heterocycles. The lowest BCUT2D eigenvalue weighted by molar-refractivity contribution is -0.140. The standard InChI is InChI=1S/C14H26N2O/c1-13(2,15)12(17)16-10-6-9-14(11-16)7-4-3-5-8-14/h3-11,15H2,1-2H3. The maximum absolute atomic E-state index is 12.2. The number of rotatable bonds is 1. The second kappa shape index (κ2) is 4.60. The largest absolute Gasteiger partial charge is 0.341 e. The number of likely N-dealkylation sites (tertiary alicyclic amines) is 1. The highest BCUT2D eigenvalue weighted by Crippen LogP contribution is 2.43. The molecule has 1 saturated heterocycles. The molecule has 98 valence electrons. The van der Waals surface area contributed by atoms with Crippen molar-refractivity contribution in [3.05, 3.63) is 0 Å². The van der Waals surface area contributed by atoms with E-state index >= 15 is 0 Å². The molecule has 1 saturated carbocycles. The summed E-state index contributed by atoms with van der Waals surface area (Å²) < 4.78 is 0. The van der Waals surface area contributed by atoms with E-state index < -0.39 is 5.54 Å². The Morgan fingerprint density at radius 2 is 1.71 bits per heavy atom. The van der Waals surface area contributed by atoms with E-state index in [4.69, 9.17) is 5.73 Å². The van der Waals surface area contributed by atoms with Gasteiger partial charge in [-0.15, -0.1) is 0 Å². The molecule has 17 heavy (non-hydrogen) atoms. The molecule has 3 nitrogen and oxygen atoms in total. The zero-order valence-corrected chi connectivity index (χ0v) is 11.3. The number of carbonyl (C=O) groups is 1. The summed E-state index contributed by atoms with van der Waals surface area (Å²) in [5, 5.41) is 0. The van der Waals surface area contributed by atoms with Crippen molar-refractivity contribution in [3.63, 3.8) is 0 Å². The average molecular weight is 238 g/mol. The third-order valence-electron chi connectivity index (χ3n) is 4.41. The van der Waals surface area contributed by atoms with Gasteiger partial charge >= 0.3 is 0 Å². The highest BCUT2D eigenvalue weighted by atomic mass is 16.2. The van der Waals surface area contributed by atoms with Gasteiger partial charge in [-0.3, -0.25) is 4.79 Å². The minimum absolute atomic E-state index is 0.127.